The zero-order valence-corrected chi connectivity index (χ0v) is 12.9. The Kier molecular flexibility index (Phi) is 4.52. The van der Waals surface area contributed by atoms with Gasteiger partial charge in [0.15, 0.2) is 0 Å². The van der Waals surface area contributed by atoms with Crippen LogP contribution in [0.1, 0.15) is 38.2 Å². The van der Waals surface area contributed by atoms with Crippen molar-refractivity contribution in [2.75, 3.05) is 6.54 Å². The number of benzene rings is 1. The normalized spacial score (nSPS) is 27.4. The van der Waals surface area contributed by atoms with E-state index in [2.05, 4.69) is 11.6 Å². The molecule has 2 N–H and O–H groups in total. The molecule has 1 fully saturated rings. The number of aliphatic hydroxyl groups is 1. The minimum atomic E-state index is -3.54. The van der Waals surface area contributed by atoms with E-state index in [0.717, 1.165) is 18.4 Å². The van der Waals surface area contributed by atoms with Gasteiger partial charge in [0.25, 0.3) is 0 Å². The van der Waals surface area contributed by atoms with Gasteiger partial charge in [0, 0.05) is 6.54 Å². The van der Waals surface area contributed by atoms with Crippen LogP contribution in [0.5, 0.6) is 0 Å². The third kappa shape index (κ3) is 3.81. The molecule has 112 valence electrons. The summed E-state index contributed by atoms with van der Waals surface area (Å²) in [6.45, 7) is 4.11. The van der Waals surface area contributed by atoms with E-state index in [4.69, 9.17) is 0 Å². The Labute approximate surface area is 121 Å². The molecule has 0 radical (unpaired) electrons. The zero-order chi connectivity index (χ0) is 14.8. The van der Waals surface area contributed by atoms with Gasteiger partial charge < -0.3 is 5.11 Å². The lowest BCUT2D eigenvalue weighted by Crippen LogP contribution is -2.45. The smallest absolute Gasteiger partial charge is 0.240 e. The number of nitrogens with one attached hydrogen (secondary N) is 1. The van der Waals surface area contributed by atoms with Gasteiger partial charge in [-0.3, -0.25) is 0 Å². The summed E-state index contributed by atoms with van der Waals surface area (Å²) in [5.41, 5.74) is 0.00160. The molecule has 0 atom stereocenters. The lowest BCUT2D eigenvalue weighted by molar-refractivity contribution is -0.00182. The van der Waals surface area contributed by atoms with Crippen LogP contribution in [-0.4, -0.2) is 25.7 Å². The fourth-order valence-corrected chi connectivity index (χ4v) is 3.80. The van der Waals surface area contributed by atoms with E-state index in [9.17, 15) is 13.5 Å². The van der Waals surface area contributed by atoms with Gasteiger partial charge in [0.1, 0.15) is 0 Å². The van der Waals surface area contributed by atoms with Crippen LogP contribution in [0.15, 0.2) is 29.2 Å². The molecule has 1 aromatic carbocycles. The number of hydrogen-bond donors (Lipinski definition) is 2. The van der Waals surface area contributed by atoms with Gasteiger partial charge in [-0.05, 0) is 56.2 Å². The first-order chi connectivity index (χ1) is 9.31. The summed E-state index contributed by atoms with van der Waals surface area (Å²) in [7, 11) is -3.54. The fourth-order valence-electron chi connectivity index (χ4n) is 2.57. The van der Waals surface area contributed by atoms with E-state index < -0.39 is 15.6 Å². The molecule has 0 unspecified atom stereocenters. The van der Waals surface area contributed by atoms with Crippen molar-refractivity contribution < 1.29 is 13.5 Å². The average Bonchev–Trinajstić information content (AvgIpc) is 2.41. The van der Waals surface area contributed by atoms with E-state index in [1.54, 1.807) is 18.2 Å². The van der Waals surface area contributed by atoms with E-state index in [1.807, 2.05) is 13.0 Å². The van der Waals surface area contributed by atoms with Gasteiger partial charge in [0.05, 0.1) is 10.5 Å². The van der Waals surface area contributed by atoms with Crippen molar-refractivity contribution in [1.29, 1.82) is 0 Å². The molecule has 1 aliphatic rings. The highest BCUT2D eigenvalue weighted by atomic mass is 32.2. The molecular formula is C15H23NO3S. The van der Waals surface area contributed by atoms with Gasteiger partial charge >= 0.3 is 0 Å². The molecule has 1 aliphatic carbocycles. The predicted molar refractivity (Wildman–Crippen MR) is 78.9 cm³/mol. The standard InChI is InChI=1S/C15H23NO3S/c1-12-6-8-15(17,9-7-12)11-16-20(18,19)14-5-3-4-13(2)10-14/h3-5,10,12,16-17H,6-9,11H2,1-2H3. The highest BCUT2D eigenvalue weighted by molar-refractivity contribution is 7.89. The first kappa shape index (κ1) is 15.5. The molecule has 1 aromatic rings. The Morgan fingerprint density at radius 2 is 2.00 bits per heavy atom. The van der Waals surface area contributed by atoms with Gasteiger partial charge in [-0.1, -0.05) is 19.1 Å². The van der Waals surface area contributed by atoms with Crippen molar-refractivity contribution in [2.24, 2.45) is 5.92 Å². The Morgan fingerprint density at radius 3 is 2.60 bits per heavy atom. The van der Waals surface area contributed by atoms with Crippen LogP contribution in [0.2, 0.25) is 0 Å². The maximum absolute atomic E-state index is 12.2. The predicted octanol–water partition coefficient (Wildman–Crippen LogP) is 2.21. The molecule has 20 heavy (non-hydrogen) atoms. The Hall–Kier alpha value is -0.910. The highest BCUT2D eigenvalue weighted by Gasteiger charge is 2.33. The van der Waals surface area contributed by atoms with Crippen molar-refractivity contribution in [3.63, 3.8) is 0 Å². The number of hydrogen-bond acceptors (Lipinski definition) is 3. The number of rotatable bonds is 4. The summed E-state index contributed by atoms with van der Waals surface area (Å²) in [6, 6.07) is 6.79. The van der Waals surface area contributed by atoms with Crippen LogP contribution in [0, 0.1) is 12.8 Å². The Balaban J connectivity index is 2.03. The second-order valence-corrected chi connectivity index (χ2v) is 7.81. The largest absolute Gasteiger partial charge is 0.389 e. The fraction of sp³-hybridized carbons (Fsp3) is 0.600. The van der Waals surface area contributed by atoms with Crippen molar-refractivity contribution in [1.82, 2.24) is 4.72 Å². The summed E-state index contributed by atoms with van der Waals surface area (Å²) >= 11 is 0. The minimum Gasteiger partial charge on any atom is -0.389 e. The van der Waals surface area contributed by atoms with Gasteiger partial charge in [0.2, 0.25) is 10.0 Å². The van der Waals surface area contributed by atoms with Crippen molar-refractivity contribution in [2.45, 2.75) is 50.0 Å². The number of aryl methyl sites for hydroxylation is 1. The second-order valence-electron chi connectivity index (χ2n) is 6.05. The first-order valence-corrected chi connectivity index (χ1v) is 8.58. The molecule has 0 aliphatic heterocycles. The van der Waals surface area contributed by atoms with Crippen molar-refractivity contribution in [3.05, 3.63) is 29.8 Å². The monoisotopic (exact) mass is 297 g/mol. The molecule has 0 amide bonds. The van der Waals surface area contributed by atoms with Crippen LogP contribution in [0.25, 0.3) is 0 Å². The van der Waals surface area contributed by atoms with E-state index in [1.165, 1.54) is 0 Å². The molecule has 0 aromatic heterocycles. The van der Waals surface area contributed by atoms with Gasteiger partial charge in [-0.2, -0.15) is 0 Å². The Bertz CT molecular complexity index is 560. The van der Waals surface area contributed by atoms with E-state index in [0.29, 0.717) is 18.8 Å². The summed E-state index contributed by atoms with van der Waals surface area (Å²) < 4.78 is 27.0. The minimum absolute atomic E-state index is 0.0932. The third-order valence-corrected chi connectivity index (χ3v) is 5.49. The molecule has 0 saturated heterocycles. The summed E-state index contributed by atoms with van der Waals surface area (Å²) in [5.74, 6) is 0.614. The SMILES string of the molecule is Cc1cccc(S(=O)(=O)NCC2(O)CCC(C)CC2)c1. The molecular weight excluding hydrogens is 274 g/mol. The average molecular weight is 297 g/mol. The van der Waals surface area contributed by atoms with Gasteiger partial charge in [-0.15, -0.1) is 0 Å². The van der Waals surface area contributed by atoms with Crippen LogP contribution in [-0.2, 0) is 10.0 Å². The maximum atomic E-state index is 12.2. The molecule has 5 heteroatoms. The quantitative estimate of drug-likeness (QED) is 0.895. The van der Waals surface area contributed by atoms with Crippen LogP contribution < -0.4 is 4.72 Å². The molecule has 0 bridgehead atoms. The molecule has 1 saturated carbocycles. The van der Waals surface area contributed by atoms with E-state index in [-0.39, 0.29) is 11.4 Å². The lowest BCUT2D eigenvalue weighted by Gasteiger charge is -2.34. The maximum Gasteiger partial charge on any atom is 0.240 e. The number of sulfonamides is 1. The van der Waals surface area contributed by atoms with Crippen LogP contribution in [0.3, 0.4) is 0 Å². The zero-order valence-electron chi connectivity index (χ0n) is 12.1. The lowest BCUT2D eigenvalue weighted by atomic mass is 9.80. The topological polar surface area (TPSA) is 66.4 Å². The summed E-state index contributed by atoms with van der Waals surface area (Å²) in [5, 5.41) is 10.4. The second kappa shape index (κ2) is 5.84. The third-order valence-electron chi connectivity index (χ3n) is 4.10. The molecule has 0 spiro atoms. The van der Waals surface area contributed by atoms with Crippen molar-refractivity contribution >= 4 is 10.0 Å². The highest BCUT2D eigenvalue weighted by Crippen LogP contribution is 2.31. The van der Waals surface area contributed by atoms with E-state index >= 15 is 0 Å². The Morgan fingerprint density at radius 1 is 1.35 bits per heavy atom. The van der Waals surface area contributed by atoms with Gasteiger partial charge in [-0.25, -0.2) is 13.1 Å². The molecule has 2 rings (SSSR count). The van der Waals surface area contributed by atoms with Crippen molar-refractivity contribution in [3.8, 4) is 0 Å². The molecule has 0 heterocycles. The van der Waals surface area contributed by atoms with Crippen LogP contribution in [0.4, 0.5) is 0 Å². The first-order valence-electron chi connectivity index (χ1n) is 7.09. The molecule has 4 nitrogen and oxygen atoms in total. The summed E-state index contributed by atoms with van der Waals surface area (Å²) in [4.78, 5) is 0.255. The van der Waals surface area contributed by atoms with Crippen LogP contribution >= 0.6 is 0 Å². The summed E-state index contributed by atoms with van der Waals surface area (Å²) in [6.07, 6.45) is 3.21.